The van der Waals surface area contributed by atoms with Crippen LogP contribution >= 0.6 is 0 Å². The van der Waals surface area contributed by atoms with Crippen LogP contribution in [-0.4, -0.2) is 29.2 Å². The molecule has 1 heterocycles. The fourth-order valence-electron chi connectivity index (χ4n) is 3.74. The maximum Gasteiger partial charge on any atom is 0.305 e. The van der Waals surface area contributed by atoms with E-state index in [4.69, 9.17) is 15.5 Å². The number of nitrogen functional groups attached to an aromatic ring is 1. The van der Waals surface area contributed by atoms with Crippen molar-refractivity contribution in [2.75, 3.05) is 19.5 Å². The molecule has 32 heavy (non-hydrogen) atoms. The highest BCUT2D eigenvalue weighted by molar-refractivity contribution is 5.95. The third kappa shape index (κ3) is 4.59. The summed E-state index contributed by atoms with van der Waals surface area (Å²) < 4.78 is 12.8. The van der Waals surface area contributed by atoms with Crippen LogP contribution < -0.4 is 10.5 Å². The number of hydrogen-bond acceptors (Lipinski definition) is 5. The first-order valence-electron chi connectivity index (χ1n) is 10.8. The van der Waals surface area contributed by atoms with Crippen LogP contribution in [-0.2, 0) is 9.53 Å². The Hall–Kier alpha value is -3.80. The number of imidazole rings is 1. The molecule has 0 aliphatic rings. The third-order valence-corrected chi connectivity index (χ3v) is 5.37. The molecular formula is C26H27N3O3. The van der Waals surface area contributed by atoms with Crippen LogP contribution in [0.5, 0.6) is 5.75 Å². The lowest BCUT2D eigenvalue weighted by molar-refractivity contribution is -0.140. The summed E-state index contributed by atoms with van der Waals surface area (Å²) in [7, 11) is 1.41. The molecule has 0 unspecified atom stereocenters. The average Bonchev–Trinajstić information content (AvgIpc) is 3.24. The average molecular weight is 430 g/mol. The van der Waals surface area contributed by atoms with Crippen molar-refractivity contribution in [3.8, 4) is 22.8 Å². The van der Waals surface area contributed by atoms with Gasteiger partial charge in [-0.05, 0) is 43.5 Å². The van der Waals surface area contributed by atoms with Crippen LogP contribution in [0.3, 0.4) is 0 Å². The predicted octanol–water partition coefficient (Wildman–Crippen LogP) is 5.39. The van der Waals surface area contributed by atoms with E-state index in [1.54, 1.807) is 0 Å². The number of esters is 1. The Morgan fingerprint density at radius 2 is 1.66 bits per heavy atom. The third-order valence-electron chi connectivity index (χ3n) is 5.37. The lowest BCUT2D eigenvalue weighted by Crippen LogP contribution is -2.04. The van der Waals surface area contributed by atoms with Gasteiger partial charge < -0.3 is 15.2 Å². The summed E-state index contributed by atoms with van der Waals surface area (Å²) in [5.74, 6) is 1.30. The number of fused-ring (bicyclic) bond motifs is 1. The summed E-state index contributed by atoms with van der Waals surface area (Å²) in [4.78, 5) is 16.1. The zero-order valence-corrected chi connectivity index (χ0v) is 18.2. The van der Waals surface area contributed by atoms with Gasteiger partial charge in [-0.3, -0.25) is 9.36 Å². The quantitative estimate of drug-likeness (QED) is 0.219. The molecule has 0 saturated carbocycles. The first kappa shape index (κ1) is 21.4. The van der Waals surface area contributed by atoms with Crippen molar-refractivity contribution < 1.29 is 14.3 Å². The molecule has 4 rings (SSSR count). The highest BCUT2D eigenvalue weighted by Crippen LogP contribution is 2.36. The Labute approximate surface area is 187 Å². The zero-order valence-electron chi connectivity index (χ0n) is 18.2. The number of aromatic nitrogens is 2. The Morgan fingerprint density at radius 1 is 0.938 bits per heavy atom. The lowest BCUT2D eigenvalue weighted by Gasteiger charge is -2.13. The van der Waals surface area contributed by atoms with Crippen LogP contribution in [0, 0.1) is 0 Å². The van der Waals surface area contributed by atoms with Gasteiger partial charge in [-0.1, -0.05) is 48.5 Å². The standard InChI is InChI=1S/C26H27N3O3/c1-31-23(30)15-9-4-10-18-32-22-17-16-21-25(24(22)27)29(20-13-7-3-8-14-20)26(28-21)19-11-5-2-6-12-19/h2-3,5-8,11-14,16-17H,4,9-10,15,18,27H2,1H3. The highest BCUT2D eigenvalue weighted by Gasteiger charge is 2.18. The van der Waals surface area contributed by atoms with Crippen LogP contribution in [0.15, 0.2) is 72.8 Å². The number of carbonyl (C=O) groups is 1. The second-order valence-electron chi connectivity index (χ2n) is 7.55. The van der Waals surface area contributed by atoms with E-state index in [0.717, 1.165) is 47.4 Å². The molecule has 0 atom stereocenters. The minimum atomic E-state index is -0.177. The number of para-hydroxylation sites is 1. The Bertz CT molecular complexity index is 1190. The summed E-state index contributed by atoms with van der Waals surface area (Å²) in [5.41, 5.74) is 10.8. The monoisotopic (exact) mass is 429 g/mol. The number of unbranched alkanes of at least 4 members (excludes halogenated alkanes) is 2. The van der Waals surface area contributed by atoms with Gasteiger partial charge in [-0.2, -0.15) is 0 Å². The number of carbonyl (C=O) groups excluding carboxylic acids is 1. The van der Waals surface area contributed by atoms with Gasteiger partial charge in [0.05, 0.1) is 19.2 Å². The molecule has 4 aromatic rings. The molecule has 2 N–H and O–H groups in total. The van der Waals surface area contributed by atoms with Crippen molar-refractivity contribution in [1.82, 2.24) is 9.55 Å². The maximum atomic E-state index is 11.2. The first-order chi connectivity index (χ1) is 15.7. The van der Waals surface area contributed by atoms with Crippen LogP contribution in [0.1, 0.15) is 25.7 Å². The fraction of sp³-hybridized carbons (Fsp3) is 0.231. The van der Waals surface area contributed by atoms with Crippen molar-refractivity contribution in [1.29, 1.82) is 0 Å². The molecule has 0 amide bonds. The van der Waals surface area contributed by atoms with Gasteiger partial charge in [0.1, 0.15) is 22.8 Å². The second-order valence-corrected chi connectivity index (χ2v) is 7.55. The van der Waals surface area contributed by atoms with Gasteiger partial charge >= 0.3 is 5.97 Å². The van der Waals surface area contributed by atoms with Crippen molar-refractivity contribution in [3.63, 3.8) is 0 Å². The van der Waals surface area contributed by atoms with Gasteiger partial charge in [0.15, 0.2) is 0 Å². The number of nitrogens with two attached hydrogens (primary N) is 1. The molecule has 1 aromatic heterocycles. The summed E-state index contributed by atoms with van der Waals surface area (Å²) in [6, 6.07) is 24.0. The zero-order chi connectivity index (χ0) is 22.3. The molecule has 0 aliphatic carbocycles. The number of benzene rings is 3. The molecular weight excluding hydrogens is 402 g/mol. The van der Waals surface area contributed by atoms with Crippen molar-refractivity contribution in [2.24, 2.45) is 0 Å². The molecule has 0 saturated heterocycles. The summed E-state index contributed by atoms with van der Waals surface area (Å²) >= 11 is 0. The molecule has 0 aliphatic heterocycles. The van der Waals surface area contributed by atoms with Crippen LogP contribution in [0.4, 0.5) is 5.69 Å². The van der Waals surface area contributed by atoms with Gasteiger partial charge in [0.25, 0.3) is 0 Å². The van der Waals surface area contributed by atoms with E-state index in [1.807, 2.05) is 72.8 Å². The molecule has 6 nitrogen and oxygen atoms in total. The molecule has 0 radical (unpaired) electrons. The number of nitrogens with zero attached hydrogens (tertiary/aromatic N) is 2. The largest absolute Gasteiger partial charge is 0.491 e. The number of anilines is 1. The topological polar surface area (TPSA) is 79.4 Å². The number of methoxy groups -OCH3 is 1. The minimum absolute atomic E-state index is 0.177. The molecule has 164 valence electrons. The normalized spacial score (nSPS) is 10.9. The maximum absolute atomic E-state index is 11.2. The molecule has 3 aromatic carbocycles. The summed E-state index contributed by atoms with van der Waals surface area (Å²) in [6.07, 6.45) is 2.94. The van der Waals surface area contributed by atoms with Crippen LogP contribution in [0.25, 0.3) is 28.1 Å². The Balaban J connectivity index is 1.62. The molecule has 6 heteroatoms. The van der Waals surface area contributed by atoms with Crippen molar-refractivity contribution >= 4 is 22.7 Å². The molecule has 0 spiro atoms. The predicted molar refractivity (Wildman–Crippen MR) is 127 cm³/mol. The summed E-state index contributed by atoms with van der Waals surface area (Å²) in [6.45, 7) is 0.530. The lowest BCUT2D eigenvalue weighted by atomic mass is 10.2. The van der Waals surface area contributed by atoms with E-state index in [2.05, 4.69) is 9.30 Å². The number of ether oxygens (including phenoxy) is 2. The second kappa shape index (κ2) is 10.0. The van der Waals surface area contributed by atoms with Crippen molar-refractivity contribution in [2.45, 2.75) is 25.7 Å². The Kier molecular flexibility index (Phi) is 6.70. The SMILES string of the molecule is COC(=O)CCCCCOc1ccc2nc(-c3ccccc3)n(-c3ccccc3)c2c1N. The smallest absolute Gasteiger partial charge is 0.305 e. The Morgan fingerprint density at radius 3 is 2.38 bits per heavy atom. The fourth-order valence-corrected chi connectivity index (χ4v) is 3.74. The number of rotatable bonds is 9. The summed E-state index contributed by atoms with van der Waals surface area (Å²) in [5, 5.41) is 0. The van der Waals surface area contributed by atoms with E-state index >= 15 is 0 Å². The number of hydrogen-bond donors (Lipinski definition) is 1. The van der Waals surface area contributed by atoms with Gasteiger partial charge in [0.2, 0.25) is 0 Å². The van der Waals surface area contributed by atoms with E-state index < -0.39 is 0 Å². The highest BCUT2D eigenvalue weighted by atomic mass is 16.5. The van der Waals surface area contributed by atoms with E-state index in [-0.39, 0.29) is 5.97 Å². The van der Waals surface area contributed by atoms with Crippen LogP contribution in [0.2, 0.25) is 0 Å². The van der Waals surface area contributed by atoms with Gasteiger partial charge in [0, 0.05) is 17.7 Å². The van der Waals surface area contributed by atoms with Gasteiger partial charge in [-0.25, -0.2) is 4.98 Å². The minimum Gasteiger partial charge on any atom is -0.491 e. The van der Waals surface area contributed by atoms with E-state index in [0.29, 0.717) is 24.5 Å². The molecule has 0 bridgehead atoms. The van der Waals surface area contributed by atoms with E-state index in [9.17, 15) is 4.79 Å². The first-order valence-corrected chi connectivity index (χ1v) is 10.8. The van der Waals surface area contributed by atoms with Crippen molar-refractivity contribution in [3.05, 3.63) is 72.8 Å². The molecule has 0 fully saturated rings. The van der Waals surface area contributed by atoms with E-state index in [1.165, 1.54) is 7.11 Å². The van der Waals surface area contributed by atoms with Gasteiger partial charge in [-0.15, -0.1) is 0 Å².